The van der Waals surface area contributed by atoms with Crippen LogP contribution < -0.4 is 10.6 Å². The SMILES string of the molecule is CN=C(NCCCOC)NCC1(c2ccccc2)CCOCC1. The van der Waals surface area contributed by atoms with Crippen LogP contribution in [0.1, 0.15) is 24.8 Å². The first-order chi connectivity index (χ1) is 11.3. The standard InChI is InChI=1S/C18H29N3O2/c1-19-17(20-11-6-12-22-2)21-15-18(9-13-23-14-10-18)16-7-4-3-5-8-16/h3-5,7-8H,6,9-15H2,1-2H3,(H2,19,20,21). The number of hydrogen-bond acceptors (Lipinski definition) is 3. The molecule has 0 aromatic heterocycles. The molecular formula is C18H29N3O2. The molecule has 1 aromatic carbocycles. The summed E-state index contributed by atoms with van der Waals surface area (Å²) >= 11 is 0. The first kappa shape index (κ1) is 17.8. The molecule has 0 radical (unpaired) electrons. The number of hydrogen-bond donors (Lipinski definition) is 2. The van der Waals surface area contributed by atoms with Gasteiger partial charge in [-0.05, 0) is 24.8 Å². The molecule has 0 saturated carbocycles. The topological polar surface area (TPSA) is 54.9 Å². The lowest BCUT2D eigenvalue weighted by molar-refractivity contribution is 0.0514. The van der Waals surface area contributed by atoms with Crippen LogP contribution in [-0.4, -0.2) is 53.0 Å². The minimum Gasteiger partial charge on any atom is -0.385 e. The molecule has 0 amide bonds. The maximum Gasteiger partial charge on any atom is 0.191 e. The van der Waals surface area contributed by atoms with Crippen LogP contribution in [0.15, 0.2) is 35.3 Å². The Balaban J connectivity index is 1.95. The van der Waals surface area contributed by atoms with Gasteiger partial charge in [0.2, 0.25) is 0 Å². The zero-order chi connectivity index (χ0) is 16.4. The molecule has 5 nitrogen and oxygen atoms in total. The fraction of sp³-hybridized carbons (Fsp3) is 0.611. The monoisotopic (exact) mass is 319 g/mol. The zero-order valence-electron chi connectivity index (χ0n) is 14.3. The van der Waals surface area contributed by atoms with Crippen molar-refractivity contribution >= 4 is 5.96 Å². The summed E-state index contributed by atoms with van der Waals surface area (Å²) in [6.45, 7) is 4.11. The predicted molar refractivity (Wildman–Crippen MR) is 94.0 cm³/mol. The number of ether oxygens (including phenoxy) is 2. The van der Waals surface area contributed by atoms with E-state index in [0.29, 0.717) is 0 Å². The van der Waals surface area contributed by atoms with Crippen molar-refractivity contribution in [2.24, 2.45) is 4.99 Å². The maximum absolute atomic E-state index is 5.58. The van der Waals surface area contributed by atoms with Crippen LogP contribution >= 0.6 is 0 Å². The van der Waals surface area contributed by atoms with E-state index in [1.165, 1.54) is 5.56 Å². The summed E-state index contributed by atoms with van der Waals surface area (Å²) in [4.78, 5) is 4.32. The number of methoxy groups -OCH3 is 1. The number of guanidine groups is 1. The third-order valence-corrected chi connectivity index (χ3v) is 4.47. The minimum atomic E-state index is 0.115. The lowest BCUT2D eigenvalue weighted by Gasteiger charge is -2.38. The van der Waals surface area contributed by atoms with Gasteiger partial charge in [-0.2, -0.15) is 0 Å². The highest BCUT2D eigenvalue weighted by molar-refractivity contribution is 5.79. The van der Waals surface area contributed by atoms with E-state index in [2.05, 4.69) is 46.0 Å². The second-order valence-electron chi connectivity index (χ2n) is 5.96. The molecule has 0 aliphatic carbocycles. The van der Waals surface area contributed by atoms with Crippen LogP contribution in [0.25, 0.3) is 0 Å². The van der Waals surface area contributed by atoms with E-state index in [1.54, 1.807) is 7.11 Å². The van der Waals surface area contributed by atoms with E-state index in [4.69, 9.17) is 9.47 Å². The summed E-state index contributed by atoms with van der Waals surface area (Å²) in [5.41, 5.74) is 1.49. The quantitative estimate of drug-likeness (QED) is 0.458. The molecule has 1 aliphatic rings. The molecule has 1 heterocycles. The van der Waals surface area contributed by atoms with Crippen LogP contribution in [0.4, 0.5) is 0 Å². The number of aliphatic imine (C=N–C) groups is 1. The van der Waals surface area contributed by atoms with Gasteiger partial charge in [0.05, 0.1) is 0 Å². The van der Waals surface area contributed by atoms with Gasteiger partial charge in [-0.3, -0.25) is 4.99 Å². The lowest BCUT2D eigenvalue weighted by atomic mass is 9.74. The van der Waals surface area contributed by atoms with E-state index >= 15 is 0 Å². The minimum absolute atomic E-state index is 0.115. The third-order valence-electron chi connectivity index (χ3n) is 4.47. The molecule has 0 bridgehead atoms. The predicted octanol–water partition coefficient (Wildman–Crippen LogP) is 1.94. The van der Waals surface area contributed by atoms with Crippen molar-refractivity contribution in [3.8, 4) is 0 Å². The second kappa shape index (κ2) is 9.53. The first-order valence-corrected chi connectivity index (χ1v) is 8.37. The van der Waals surface area contributed by atoms with E-state index in [1.807, 2.05) is 7.05 Å². The third kappa shape index (κ3) is 5.22. The molecule has 2 N–H and O–H groups in total. The molecule has 0 atom stereocenters. The molecular weight excluding hydrogens is 290 g/mol. The summed E-state index contributed by atoms with van der Waals surface area (Å²) in [5, 5.41) is 6.84. The van der Waals surface area contributed by atoms with Crippen LogP contribution in [-0.2, 0) is 14.9 Å². The number of nitrogens with zero attached hydrogens (tertiary/aromatic N) is 1. The van der Waals surface area contributed by atoms with Gasteiger partial charge in [0.1, 0.15) is 0 Å². The smallest absolute Gasteiger partial charge is 0.191 e. The second-order valence-corrected chi connectivity index (χ2v) is 5.96. The van der Waals surface area contributed by atoms with Gasteiger partial charge in [-0.15, -0.1) is 0 Å². The van der Waals surface area contributed by atoms with E-state index in [-0.39, 0.29) is 5.41 Å². The van der Waals surface area contributed by atoms with Crippen molar-refractivity contribution in [1.29, 1.82) is 0 Å². The van der Waals surface area contributed by atoms with E-state index < -0.39 is 0 Å². The Kier molecular flexibility index (Phi) is 7.36. The molecule has 2 rings (SSSR count). The van der Waals surface area contributed by atoms with Gasteiger partial charge >= 0.3 is 0 Å². The van der Waals surface area contributed by atoms with Gasteiger partial charge in [0, 0.05) is 52.5 Å². The van der Waals surface area contributed by atoms with Crippen LogP contribution in [0.2, 0.25) is 0 Å². The summed E-state index contributed by atoms with van der Waals surface area (Å²) in [6, 6.07) is 10.7. The normalized spacial score (nSPS) is 17.7. The number of rotatable bonds is 7. The van der Waals surface area contributed by atoms with Crippen LogP contribution in [0, 0.1) is 0 Å². The molecule has 5 heteroatoms. The molecule has 23 heavy (non-hydrogen) atoms. The van der Waals surface area contributed by atoms with Crippen LogP contribution in [0.3, 0.4) is 0 Å². The Morgan fingerprint density at radius 3 is 2.61 bits per heavy atom. The lowest BCUT2D eigenvalue weighted by Crippen LogP contribution is -2.48. The molecule has 0 unspecified atom stereocenters. The Bertz CT molecular complexity index is 470. The Morgan fingerprint density at radius 2 is 1.96 bits per heavy atom. The highest BCUT2D eigenvalue weighted by Crippen LogP contribution is 2.34. The summed E-state index contributed by atoms with van der Waals surface area (Å²) < 4.78 is 10.7. The zero-order valence-corrected chi connectivity index (χ0v) is 14.3. The Labute approximate surface area is 139 Å². The average Bonchev–Trinajstić information content (AvgIpc) is 2.63. The van der Waals surface area contributed by atoms with Gasteiger partial charge in [-0.25, -0.2) is 0 Å². The molecule has 128 valence electrons. The number of benzene rings is 1. The van der Waals surface area contributed by atoms with Crippen molar-refractivity contribution in [3.63, 3.8) is 0 Å². The molecule has 1 aliphatic heterocycles. The fourth-order valence-electron chi connectivity index (χ4n) is 3.02. The Hall–Kier alpha value is -1.59. The molecule has 1 saturated heterocycles. The summed E-state index contributed by atoms with van der Waals surface area (Å²) in [6.07, 6.45) is 3.03. The fourth-order valence-corrected chi connectivity index (χ4v) is 3.02. The van der Waals surface area contributed by atoms with Gasteiger partial charge in [0.15, 0.2) is 5.96 Å². The maximum atomic E-state index is 5.58. The highest BCUT2D eigenvalue weighted by Gasteiger charge is 2.34. The molecule has 1 aromatic rings. The van der Waals surface area contributed by atoms with Gasteiger partial charge in [-0.1, -0.05) is 30.3 Å². The number of nitrogens with one attached hydrogen (secondary N) is 2. The van der Waals surface area contributed by atoms with Gasteiger partial charge < -0.3 is 20.1 Å². The summed E-state index contributed by atoms with van der Waals surface area (Å²) in [5.74, 6) is 0.850. The van der Waals surface area contributed by atoms with Crippen molar-refractivity contribution < 1.29 is 9.47 Å². The van der Waals surface area contributed by atoms with Gasteiger partial charge in [0.25, 0.3) is 0 Å². The highest BCUT2D eigenvalue weighted by atomic mass is 16.5. The molecule has 0 spiro atoms. The van der Waals surface area contributed by atoms with Crippen LogP contribution in [0.5, 0.6) is 0 Å². The van der Waals surface area contributed by atoms with Crippen molar-refractivity contribution in [2.75, 3.05) is 47.1 Å². The first-order valence-electron chi connectivity index (χ1n) is 8.37. The average molecular weight is 319 g/mol. The van der Waals surface area contributed by atoms with E-state index in [9.17, 15) is 0 Å². The van der Waals surface area contributed by atoms with Crippen molar-refractivity contribution in [3.05, 3.63) is 35.9 Å². The van der Waals surface area contributed by atoms with Crippen molar-refractivity contribution in [1.82, 2.24) is 10.6 Å². The largest absolute Gasteiger partial charge is 0.385 e. The van der Waals surface area contributed by atoms with E-state index in [0.717, 1.165) is 58.1 Å². The summed E-state index contributed by atoms with van der Waals surface area (Å²) in [7, 11) is 3.53. The Morgan fingerprint density at radius 1 is 1.22 bits per heavy atom. The van der Waals surface area contributed by atoms with Crippen molar-refractivity contribution in [2.45, 2.75) is 24.7 Å². The molecule has 1 fully saturated rings.